The maximum absolute atomic E-state index is 5.09. The molecule has 112 valence electrons. The Balaban J connectivity index is 1.79. The first-order valence-electron chi connectivity index (χ1n) is 7.59. The van der Waals surface area contributed by atoms with E-state index in [0.29, 0.717) is 17.9 Å². The zero-order valence-corrected chi connectivity index (χ0v) is 12.5. The summed E-state index contributed by atoms with van der Waals surface area (Å²) in [5.41, 5.74) is 0. The molecule has 1 aromatic rings. The van der Waals surface area contributed by atoms with E-state index in [9.17, 15) is 0 Å². The van der Waals surface area contributed by atoms with Crippen LogP contribution in [0.1, 0.15) is 45.4 Å². The lowest BCUT2D eigenvalue weighted by molar-refractivity contribution is 0.379. The number of aromatic nitrogens is 3. The van der Waals surface area contributed by atoms with E-state index in [-0.39, 0.29) is 0 Å². The summed E-state index contributed by atoms with van der Waals surface area (Å²) in [5, 5.41) is 6.34. The summed E-state index contributed by atoms with van der Waals surface area (Å²) >= 11 is 0. The van der Waals surface area contributed by atoms with Crippen LogP contribution in [0.3, 0.4) is 0 Å². The van der Waals surface area contributed by atoms with Crippen LogP contribution in [0.5, 0.6) is 6.01 Å². The molecule has 2 N–H and O–H groups in total. The molecule has 6 nitrogen and oxygen atoms in total. The highest BCUT2D eigenvalue weighted by molar-refractivity contribution is 5.35. The second-order valence-corrected chi connectivity index (χ2v) is 5.22. The average Bonchev–Trinajstić information content (AvgIpc) is 2.97. The Bertz CT molecular complexity index is 407. The van der Waals surface area contributed by atoms with Gasteiger partial charge in [0.2, 0.25) is 11.9 Å². The third-order valence-corrected chi connectivity index (χ3v) is 3.68. The van der Waals surface area contributed by atoms with E-state index in [4.69, 9.17) is 4.74 Å². The van der Waals surface area contributed by atoms with Crippen molar-refractivity contribution in [3.8, 4) is 6.01 Å². The smallest absolute Gasteiger partial charge is 0.322 e. The molecule has 0 aliphatic heterocycles. The van der Waals surface area contributed by atoms with Gasteiger partial charge in [0.1, 0.15) is 0 Å². The van der Waals surface area contributed by atoms with Crippen molar-refractivity contribution in [1.29, 1.82) is 0 Å². The van der Waals surface area contributed by atoms with Crippen molar-refractivity contribution in [2.75, 3.05) is 30.8 Å². The van der Waals surface area contributed by atoms with Gasteiger partial charge < -0.3 is 15.4 Å². The summed E-state index contributed by atoms with van der Waals surface area (Å²) < 4.78 is 5.09. The normalized spacial score (nSPS) is 15.3. The molecule has 0 atom stereocenters. The van der Waals surface area contributed by atoms with E-state index in [1.165, 1.54) is 32.1 Å². The summed E-state index contributed by atoms with van der Waals surface area (Å²) in [5.74, 6) is 2.07. The lowest BCUT2D eigenvalue weighted by Gasteiger charge is -2.10. The SMILES string of the molecule is CCNc1nc(NCCCC2CCCC2)nc(OC)n1. The summed E-state index contributed by atoms with van der Waals surface area (Å²) in [6.07, 6.45) is 8.10. The molecule has 2 rings (SSSR count). The largest absolute Gasteiger partial charge is 0.467 e. The lowest BCUT2D eigenvalue weighted by Crippen LogP contribution is -2.11. The highest BCUT2D eigenvalue weighted by Gasteiger charge is 2.14. The Morgan fingerprint density at radius 3 is 2.45 bits per heavy atom. The molecular formula is C14H25N5O. The van der Waals surface area contributed by atoms with Gasteiger partial charge >= 0.3 is 6.01 Å². The van der Waals surface area contributed by atoms with Crippen molar-refractivity contribution in [1.82, 2.24) is 15.0 Å². The Labute approximate surface area is 120 Å². The van der Waals surface area contributed by atoms with Gasteiger partial charge in [-0.1, -0.05) is 25.7 Å². The standard InChI is InChI=1S/C14H25N5O/c1-3-15-12-17-13(19-14(18-12)20-2)16-10-6-9-11-7-4-5-8-11/h11H,3-10H2,1-2H3,(H2,15,16,17,18,19). The van der Waals surface area contributed by atoms with Gasteiger partial charge in [0, 0.05) is 13.1 Å². The van der Waals surface area contributed by atoms with Crippen LogP contribution in [0.15, 0.2) is 0 Å². The number of methoxy groups -OCH3 is 1. The Kier molecular flexibility index (Phi) is 5.83. The van der Waals surface area contributed by atoms with E-state index in [1.807, 2.05) is 6.92 Å². The first kappa shape index (κ1) is 14.8. The van der Waals surface area contributed by atoms with Crippen LogP contribution in [0, 0.1) is 5.92 Å². The molecule has 0 radical (unpaired) electrons. The predicted octanol–water partition coefficient (Wildman–Crippen LogP) is 2.69. The van der Waals surface area contributed by atoms with Crippen LogP contribution in [0.4, 0.5) is 11.9 Å². The van der Waals surface area contributed by atoms with Gasteiger partial charge in [0.05, 0.1) is 7.11 Å². The third-order valence-electron chi connectivity index (χ3n) is 3.68. The van der Waals surface area contributed by atoms with Gasteiger partial charge in [-0.3, -0.25) is 0 Å². The van der Waals surface area contributed by atoms with Gasteiger partial charge in [-0.15, -0.1) is 0 Å². The van der Waals surface area contributed by atoms with Crippen LogP contribution in [0.25, 0.3) is 0 Å². The van der Waals surface area contributed by atoms with E-state index in [2.05, 4.69) is 25.6 Å². The molecule has 1 aromatic heterocycles. The van der Waals surface area contributed by atoms with Crippen LogP contribution in [0.2, 0.25) is 0 Å². The molecule has 1 fully saturated rings. The van der Waals surface area contributed by atoms with Crippen LogP contribution < -0.4 is 15.4 Å². The summed E-state index contributed by atoms with van der Waals surface area (Å²) in [6, 6.07) is 0.342. The maximum atomic E-state index is 5.09. The minimum Gasteiger partial charge on any atom is -0.467 e. The highest BCUT2D eigenvalue weighted by atomic mass is 16.5. The monoisotopic (exact) mass is 279 g/mol. The molecule has 0 spiro atoms. The number of rotatable bonds is 8. The Morgan fingerprint density at radius 1 is 1.10 bits per heavy atom. The minimum atomic E-state index is 0.342. The molecule has 20 heavy (non-hydrogen) atoms. The Morgan fingerprint density at radius 2 is 1.80 bits per heavy atom. The summed E-state index contributed by atoms with van der Waals surface area (Å²) in [7, 11) is 1.56. The molecule has 0 bridgehead atoms. The number of nitrogens with one attached hydrogen (secondary N) is 2. The van der Waals surface area contributed by atoms with Gasteiger partial charge in [-0.2, -0.15) is 15.0 Å². The molecule has 0 saturated heterocycles. The molecule has 0 aromatic carbocycles. The number of nitrogens with zero attached hydrogens (tertiary/aromatic N) is 3. The second-order valence-electron chi connectivity index (χ2n) is 5.22. The molecule has 1 aliphatic carbocycles. The van der Waals surface area contributed by atoms with Gasteiger partial charge in [0.25, 0.3) is 0 Å². The van der Waals surface area contributed by atoms with Crippen LogP contribution in [-0.2, 0) is 0 Å². The van der Waals surface area contributed by atoms with E-state index < -0.39 is 0 Å². The molecule has 6 heteroatoms. The number of ether oxygens (including phenoxy) is 1. The molecule has 1 saturated carbocycles. The van der Waals surface area contributed by atoms with Crippen LogP contribution >= 0.6 is 0 Å². The molecule has 1 aliphatic rings. The van der Waals surface area contributed by atoms with Gasteiger partial charge in [-0.05, 0) is 25.7 Å². The lowest BCUT2D eigenvalue weighted by atomic mass is 10.0. The summed E-state index contributed by atoms with van der Waals surface area (Å²) in [6.45, 7) is 3.68. The second kappa shape index (κ2) is 7.87. The average molecular weight is 279 g/mol. The van der Waals surface area contributed by atoms with Crippen LogP contribution in [-0.4, -0.2) is 35.2 Å². The number of hydrogen-bond donors (Lipinski definition) is 2. The fourth-order valence-electron chi connectivity index (χ4n) is 2.65. The fraction of sp³-hybridized carbons (Fsp3) is 0.786. The first-order valence-corrected chi connectivity index (χ1v) is 7.59. The van der Waals surface area contributed by atoms with Crippen molar-refractivity contribution in [2.45, 2.75) is 45.4 Å². The topological polar surface area (TPSA) is 72.0 Å². The van der Waals surface area contributed by atoms with Crippen molar-refractivity contribution in [3.05, 3.63) is 0 Å². The minimum absolute atomic E-state index is 0.342. The molecule has 0 amide bonds. The van der Waals surface area contributed by atoms with Crippen molar-refractivity contribution >= 4 is 11.9 Å². The van der Waals surface area contributed by atoms with E-state index in [0.717, 1.165) is 25.4 Å². The molecule has 0 unspecified atom stereocenters. The maximum Gasteiger partial charge on any atom is 0.322 e. The molecule has 1 heterocycles. The van der Waals surface area contributed by atoms with Crippen molar-refractivity contribution in [3.63, 3.8) is 0 Å². The van der Waals surface area contributed by atoms with Crippen molar-refractivity contribution in [2.24, 2.45) is 5.92 Å². The summed E-state index contributed by atoms with van der Waals surface area (Å²) in [4.78, 5) is 12.7. The zero-order valence-electron chi connectivity index (χ0n) is 12.5. The van der Waals surface area contributed by atoms with Crippen molar-refractivity contribution < 1.29 is 4.74 Å². The number of hydrogen-bond acceptors (Lipinski definition) is 6. The fourth-order valence-corrected chi connectivity index (χ4v) is 2.65. The predicted molar refractivity (Wildman–Crippen MR) is 80.2 cm³/mol. The van der Waals surface area contributed by atoms with Gasteiger partial charge in [0.15, 0.2) is 0 Å². The molecular weight excluding hydrogens is 254 g/mol. The highest BCUT2D eigenvalue weighted by Crippen LogP contribution is 2.28. The van der Waals surface area contributed by atoms with Gasteiger partial charge in [-0.25, -0.2) is 0 Å². The quantitative estimate of drug-likeness (QED) is 0.713. The Hall–Kier alpha value is -1.59. The van der Waals surface area contributed by atoms with E-state index in [1.54, 1.807) is 7.11 Å². The van der Waals surface area contributed by atoms with E-state index >= 15 is 0 Å². The number of anilines is 2. The third kappa shape index (κ3) is 4.51. The zero-order chi connectivity index (χ0) is 14.2. The first-order chi connectivity index (χ1) is 9.81.